The summed E-state index contributed by atoms with van der Waals surface area (Å²) >= 11 is 0. The van der Waals surface area contributed by atoms with Crippen LogP contribution in [0, 0.1) is 0 Å². The van der Waals surface area contributed by atoms with Crippen LogP contribution in [-0.2, 0) is 13.1 Å². The highest BCUT2D eigenvalue weighted by Crippen LogP contribution is 2.19. The molecule has 8 nitrogen and oxygen atoms in total. The van der Waals surface area contributed by atoms with E-state index in [4.69, 9.17) is 10.8 Å². The predicted molar refractivity (Wildman–Crippen MR) is 122 cm³/mol. The van der Waals surface area contributed by atoms with Crippen molar-refractivity contribution in [1.82, 2.24) is 19.1 Å². The molecule has 2 aromatic heterocycles. The van der Waals surface area contributed by atoms with Crippen molar-refractivity contribution in [2.75, 3.05) is 5.73 Å². The third kappa shape index (κ3) is 3.47. The molecule has 3 aromatic carbocycles. The van der Waals surface area contributed by atoms with Crippen LogP contribution in [0.1, 0.15) is 21.5 Å². The van der Waals surface area contributed by atoms with Gasteiger partial charge >= 0.3 is 11.5 Å². The lowest BCUT2D eigenvalue weighted by molar-refractivity contribution is 0.0697. The van der Waals surface area contributed by atoms with Crippen molar-refractivity contribution in [3.05, 3.63) is 100 Å². The average Bonchev–Trinajstić information content (AvgIpc) is 3.21. The molecule has 0 aliphatic rings. The number of nitrogens with two attached hydrogens (primary N) is 1. The topological polar surface area (TPSA) is 116 Å². The summed E-state index contributed by atoms with van der Waals surface area (Å²) in [6.07, 6.45) is 1.58. The SMILES string of the molecule is Nc1nc(=O)c2c(ncn2Cc2ccc(C(=O)O)cc2)n1Cc1ccc2ccccc2c1. The molecule has 5 rings (SSSR count). The summed E-state index contributed by atoms with van der Waals surface area (Å²) in [5.74, 6) is -0.882. The number of aromatic nitrogens is 4. The van der Waals surface area contributed by atoms with Gasteiger partial charge in [-0.3, -0.25) is 9.36 Å². The van der Waals surface area contributed by atoms with Gasteiger partial charge in [0.05, 0.1) is 18.4 Å². The van der Waals surface area contributed by atoms with Gasteiger partial charge in [-0.15, -0.1) is 0 Å². The number of nitrogen functional groups attached to an aromatic ring is 1. The Bertz CT molecular complexity index is 1530. The lowest BCUT2D eigenvalue weighted by atomic mass is 10.1. The largest absolute Gasteiger partial charge is 0.478 e. The fourth-order valence-corrected chi connectivity index (χ4v) is 3.86. The number of aromatic carboxylic acids is 1. The van der Waals surface area contributed by atoms with Gasteiger partial charge in [0, 0.05) is 6.54 Å². The van der Waals surface area contributed by atoms with Gasteiger partial charge in [-0.25, -0.2) is 9.78 Å². The minimum absolute atomic E-state index is 0.103. The van der Waals surface area contributed by atoms with E-state index in [0.717, 1.165) is 21.9 Å². The fraction of sp³-hybridized carbons (Fsp3) is 0.0833. The molecule has 0 aliphatic heterocycles. The molecule has 0 atom stereocenters. The monoisotopic (exact) mass is 425 g/mol. The van der Waals surface area contributed by atoms with Gasteiger partial charge in [0.25, 0.3) is 0 Å². The molecule has 5 aromatic rings. The zero-order valence-corrected chi connectivity index (χ0v) is 17.0. The molecule has 2 heterocycles. The first-order chi connectivity index (χ1) is 15.5. The standard InChI is InChI=1S/C24H19N5O3/c25-24-27-22(30)20-21(26-14-28(20)12-15-5-9-18(10-6-15)23(31)32)29(24)13-16-7-8-17-3-1-2-4-19(17)11-16/h1-11,14H,12-13H2,(H,31,32)(H2,25,27,30). The number of imidazole rings is 1. The van der Waals surface area contributed by atoms with Crippen LogP contribution >= 0.6 is 0 Å². The Kier molecular flexibility index (Phi) is 4.67. The first-order valence-electron chi connectivity index (χ1n) is 10.0. The maximum Gasteiger partial charge on any atom is 0.335 e. The average molecular weight is 425 g/mol. The second-order valence-electron chi connectivity index (χ2n) is 7.59. The minimum atomic E-state index is -0.985. The molecule has 0 spiro atoms. The summed E-state index contributed by atoms with van der Waals surface area (Å²) in [5, 5.41) is 11.3. The van der Waals surface area contributed by atoms with Crippen molar-refractivity contribution in [2.24, 2.45) is 0 Å². The number of nitrogens with zero attached hydrogens (tertiary/aromatic N) is 4. The Hall–Kier alpha value is -4.46. The van der Waals surface area contributed by atoms with Crippen molar-refractivity contribution in [3.8, 4) is 0 Å². The molecular formula is C24H19N5O3. The normalized spacial score (nSPS) is 11.2. The van der Waals surface area contributed by atoms with Crippen LogP contribution in [0.15, 0.2) is 77.9 Å². The zero-order valence-electron chi connectivity index (χ0n) is 17.0. The minimum Gasteiger partial charge on any atom is -0.478 e. The molecule has 0 aliphatic carbocycles. The van der Waals surface area contributed by atoms with Crippen LogP contribution in [-0.4, -0.2) is 30.2 Å². The van der Waals surface area contributed by atoms with E-state index in [1.165, 1.54) is 12.1 Å². The Morgan fingerprint density at radius 1 is 0.938 bits per heavy atom. The third-order valence-electron chi connectivity index (χ3n) is 5.48. The highest BCUT2D eigenvalue weighted by atomic mass is 16.4. The predicted octanol–water partition coefficient (Wildman–Crippen LogP) is 3.12. The van der Waals surface area contributed by atoms with E-state index in [1.54, 1.807) is 27.6 Å². The smallest absolute Gasteiger partial charge is 0.335 e. The van der Waals surface area contributed by atoms with E-state index in [9.17, 15) is 9.59 Å². The molecule has 32 heavy (non-hydrogen) atoms. The van der Waals surface area contributed by atoms with E-state index in [-0.39, 0.29) is 11.5 Å². The number of carboxylic acid groups (broad SMARTS) is 1. The van der Waals surface area contributed by atoms with Crippen LogP contribution in [0.2, 0.25) is 0 Å². The number of hydrogen-bond donors (Lipinski definition) is 2. The van der Waals surface area contributed by atoms with Crippen molar-refractivity contribution in [3.63, 3.8) is 0 Å². The maximum absolute atomic E-state index is 12.7. The summed E-state index contributed by atoms with van der Waals surface area (Å²) in [7, 11) is 0. The highest BCUT2D eigenvalue weighted by molar-refractivity contribution is 5.87. The molecular weight excluding hydrogens is 406 g/mol. The molecule has 8 heteroatoms. The quantitative estimate of drug-likeness (QED) is 0.447. The zero-order chi connectivity index (χ0) is 22.2. The van der Waals surface area contributed by atoms with Crippen LogP contribution < -0.4 is 11.3 Å². The van der Waals surface area contributed by atoms with Crippen LogP contribution in [0.5, 0.6) is 0 Å². The second kappa shape index (κ2) is 7.66. The molecule has 0 bridgehead atoms. The molecule has 0 unspecified atom stereocenters. The molecule has 0 saturated heterocycles. The van der Waals surface area contributed by atoms with Crippen molar-refractivity contribution >= 4 is 33.9 Å². The second-order valence-corrected chi connectivity index (χ2v) is 7.59. The fourth-order valence-electron chi connectivity index (χ4n) is 3.86. The molecule has 0 radical (unpaired) electrons. The van der Waals surface area contributed by atoms with Crippen LogP contribution in [0.3, 0.4) is 0 Å². The first kappa shape index (κ1) is 19.5. The summed E-state index contributed by atoms with van der Waals surface area (Å²) < 4.78 is 3.43. The lowest BCUT2D eigenvalue weighted by Crippen LogP contribution is -2.20. The molecule has 3 N–H and O–H groups in total. The maximum atomic E-state index is 12.7. The first-order valence-corrected chi connectivity index (χ1v) is 10.0. The number of hydrogen-bond acceptors (Lipinski definition) is 5. The van der Waals surface area contributed by atoms with E-state index in [0.29, 0.717) is 24.3 Å². The van der Waals surface area contributed by atoms with Gasteiger partial charge in [0.1, 0.15) is 0 Å². The summed E-state index contributed by atoms with van der Waals surface area (Å²) in [6, 6.07) is 20.7. The number of fused-ring (bicyclic) bond motifs is 2. The molecule has 0 fully saturated rings. The molecule has 0 saturated carbocycles. The van der Waals surface area contributed by atoms with Crippen LogP contribution in [0.4, 0.5) is 5.95 Å². The Balaban J connectivity index is 1.53. The van der Waals surface area contributed by atoms with Gasteiger partial charge in [-0.05, 0) is 40.1 Å². The molecule has 0 amide bonds. The summed E-state index contributed by atoms with van der Waals surface area (Å²) in [5.41, 5.74) is 8.51. The van der Waals surface area contributed by atoms with E-state index in [2.05, 4.69) is 22.1 Å². The van der Waals surface area contributed by atoms with Crippen molar-refractivity contribution in [1.29, 1.82) is 0 Å². The van der Waals surface area contributed by atoms with Crippen molar-refractivity contribution in [2.45, 2.75) is 13.1 Å². The Labute approximate surface area is 182 Å². The van der Waals surface area contributed by atoms with Gasteiger partial charge < -0.3 is 15.4 Å². The van der Waals surface area contributed by atoms with Gasteiger partial charge in [-0.1, -0.05) is 48.5 Å². The van der Waals surface area contributed by atoms with Gasteiger partial charge in [-0.2, -0.15) is 4.98 Å². The number of carbonyl (C=O) groups is 1. The highest BCUT2D eigenvalue weighted by Gasteiger charge is 2.15. The Morgan fingerprint density at radius 2 is 1.66 bits per heavy atom. The summed E-state index contributed by atoms with van der Waals surface area (Å²) in [6.45, 7) is 0.776. The Morgan fingerprint density at radius 3 is 2.41 bits per heavy atom. The van der Waals surface area contributed by atoms with Crippen molar-refractivity contribution < 1.29 is 9.90 Å². The number of benzene rings is 3. The van der Waals surface area contributed by atoms with E-state index >= 15 is 0 Å². The number of anilines is 1. The van der Waals surface area contributed by atoms with Gasteiger partial charge in [0.2, 0.25) is 5.95 Å². The van der Waals surface area contributed by atoms with E-state index < -0.39 is 11.5 Å². The number of carboxylic acids is 1. The van der Waals surface area contributed by atoms with Crippen LogP contribution in [0.25, 0.3) is 21.9 Å². The van der Waals surface area contributed by atoms with E-state index in [1.807, 2.05) is 30.3 Å². The number of rotatable bonds is 5. The molecule has 158 valence electrons. The lowest BCUT2D eigenvalue weighted by Gasteiger charge is -2.12. The summed E-state index contributed by atoms with van der Waals surface area (Å²) in [4.78, 5) is 32.2. The third-order valence-corrected chi connectivity index (χ3v) is 5.48. The van der Waals surface area contributed by atoms with Gasteiger partial charge in [0.15, 0.2) is 11.2 Å².